The van der Waals surface area contributed by atoms with Crippen LogP contribution in [0.1, 0.15) is 39.6 Å². The maximum atomic E-state index is 12.5. The third-order valence-electron chi connectivity index (χ3n) is 4.09. The van der Waals surface area contributed by atoms with Gasteiger partial charge in [-0.25, -0.2) is 12.7 Å². The average Bonchev–Trinajstić information content (AvgIpc) is 2.78. The summed E-state index contributed by atoms with van der Waals surface area (Å²) >= 11 is 0. The Bertz CT molecular complexity index is 967. The predicted octanol–water partition coefficient (Wildman–Crippen LogP) is 2.80. The zero-order valence-corrected chi connectivity index (χ0v) is 14.8. The smallest absolute Gasteiger partial charge is 0.269 e. The Kier molecular flexibility index (Phi) is 4.34. The van der Waals surface area contributed by atoms with Gasteiger partial charge in [0.25, 0.3) is 21.8 Å². The number of sulfonamides is 1. The number of anilines is 1. The highest BCUT2D eigenvalue weighted by molar-refractivity contribution is 7.90. The molecule has 0 saturated heterocycles. The molecule has 6 nitrogen and oxygen atoms in total. The van der Waals surface area contributed by atoms with Gasteiger partial charge in [0, 0.05) is 17.8 Å². The normalized spacial score (nSPS) is 15.1. The number of carbonyl (C=O) groups excluding carboxylic acids is 2. The molecule has 0 spiro atoms. The van der Waals surface area contributed by atoms with Crippen molar-refractivity contribution >= 4 is 27.5 Å². The summed E-state index contributed by atoms with van der Waals surface area (Å²) in [4.78, 5) is 24.6. The van der Waals surface area contributed by atoms with E-state index in [0.29, 0.717) is 12.1 Å². The number of aryl methyl sites for hydroxylation is 1. The van der Waals surface area contributed by atoms with Crippen LogP contribution in [0.15, 0.2) is 47.4 Å². The third-order valence-corrected chi connectivity index (χ3v) is 5.91. The van der Waals surface area contributed by atoms with Gasteiger partial charge in [-0.15, -0.1) is 0 Å². The van der Waals surface area contributed by atoms with E-state index < -0.39 is 21.8 Å². The molecule has 0 unspecified atom stereocenters. The van der Waals surface area contributed by atoms with Gasteiger partial charge in [0.1, 0.15) is 4.90 Å². The summed E-state index contributed by atoms with van der Waals surface area (Å²) in [7, 11) is -3.89. The van der Waals surface area contributed by atoms with E-state index in [-0.39, 0.29) is 22.6 Å². The Labute approximate surface area is 146 Å². The zero-order chi connectivity index (χ0) is 18.2. The first kappa shape index (κ1) is 17.2. The molecule has 1 aliphatic rings. The molecule has 0 radical (unpaired) electrons. The molecule has 0 aromatic heterocycles. The summed E-state index contributed by atoms with van der Waals surface area (Å²) in [5.74, 6) is -0.962. The Balaban J connectivity index is 1.95. The molecule has 2 aromatic carbocycles. The van der Waals surface area contributed by atoms with Gasteiger partial charge in [-0.2, -0.15) is 0 Å². The number of hydrogen-bond acceptors (Lipinski definition) is 4. The molecule has 2 aromatic rings. The number of carbonyl (C=O) groups is 2. The number of para-hydroxylation sites is 1. The molecule has 1 heterocycles. The van der Waals surface area contributed by atoms with Gasteiger partial charge < -0.3 is 5.32 Å². The number of amides is 2. The minimum atomic E-state index is -3.89. The van der Waals surface area contributed by atoms with E-state index in [1.165, 1.54) is 18.2 Å². The highest BCUT2D eigenvalue weighted by atomic mass is 32.2. The lowest BCUT2D eigenvalue weighted by atomic mass is 10.1. The summed E-state index contributed by atoms with van der Waals surface area (Å²) < 4.78 is 26.0. The number of fused-ring (bicyclic) bond motifs is 1. The van der Waals surface area contributed by atoms with E-state index in [1.54, 1.807) is 19.1 Å². The van der Waals surface area contributed by atoms with Crippen molar-refractivity contribution in [1.29, 1.82) is 0 Å². The van der Waals surface area contributed by atoms with E-state index in [9.17, 15) is 18.0 Å². The van der Waals surface area contributed by atoms with Gasteiger partial charge in [0.15, 0.2) is 0 Å². The Morgan fingerprint density at radius 1 is 1.16 bits per heavy atom. The van der Waals surface area contributed by atoms with Crippen molar-refractivity contribution in [3.63, 3.8) is 0 Å². The predicted molar refractivity (Wildman–Crippen MR) is 94.1 cm³/mol. The number of benzene rings is 2. The minimum absolute atomic E-state index is 0.108. The standard InChI is InChI=1S/C18H18N2O4S/c1-3-10-20-18(22)14-9-8-13(11-16(14)25(20,23)24)17(21)19-15-7-5-4-6-12(15)2/h4-9,11H,3,10H2,1-2H3,(H,19,21). The van der Waals surface area contributed by atoms with Gasteiger partial charge >= 0.3 is 0 Å². The minimum Gasteiger partial charge on any atom is -0.322 e. The molecule has 7 heteroatoms. The van der Waals surface area contributed by atoms with E-state index in [0.717, 1.165) is 9.87 Å². The van der Waals surface area contributed by atoms with Crippen LogP contribution >= 0.6 is 0 Å². The molecular weight excluding hydrogens is 340 g/mol. The first-order valence-corrected chi connectivity index (χ1v) is 9.38. The van der Waals surface area contributed by atoms with Crippen molar-refractivity contribution in [1.82, 2.24) is 4.31 Å². The summed E-state index contributed by atoms with van der Waals surface area (Å²) in [6.07, 6.45) is 0.527. The maximum absolute atomic E-state index is 12.5. The van der Waals surface area contributed by atoms with E-state index in [4.69, 9.17) is 0 Å². The summed E-state index contributed by atoms with van der Waals surface area (Å²) in [6, 6.07) is 11.4. The maximum Gasteiger partial charge on any atom is 0.269 e. The fraction of sp³-hybridized carbons (Fsp3) is 0.222. The molecule has 0 bridgehead atoms. The van der Waals surface area contributed by atoms with Crippen LogP contribution in [0.4, 0.5) is 5.69 Å². The zero-order valence-electron chi connectivity index (χ0n) is 13.9. The molecule has 0 aliphatic carbocycles. The molecule has 0 atom stereocenters. The van der Waals surface area contributed by atoms with Crippen LogP contribution in [-0.2, 0) is 10.0 Å². The first-order valence-electron chi connectivity index (χ1n) is 7.94. The number of hydrogen-bond donors (Lipinski definition) is 1. The van der Waals surface area contributed by atoms with Crippen LogP contribution in [0.2, 0.25) is 0 Å². The van der Waals surface area contributed by atoms with Gasteiger partial charge in [0.2, 0.25) is 0 Å². The average molecular weight is 358 g/mol. The second-order valence-corrected chi connectivity index (χ2v) is 7.69. The van der Waals surface area contributed by atoms with Crippen LogP contribution in [0.25, 0.3) is 0 Å². The second kappa shape index (κ2) is 6.33. The van der Waals surface area contributed by atoms with Crippen LogP contribution in [0, 0.1) is 6.92 Å². The summed E-state index contributed by atoms with van der Waals surface area (Å²) in [5.41, 5.74) is 1.85. The van der Waals surface area contributed by atoms with Gasteiger partial charge in [0.05, 0.1) is 5.56 Å². The molecular formula is C18H18N2O4S. The molecule has 0 fully saturated rings. The fourth-order valence-corrected chi connectivity index (χ4v) is 4.43. The third kappa shape index (κ3) is 2.91. The van der Waals surface area contributed by atoms with Gasteiger partial charge in [-0.05, 0) is 43.2 Å². The van der Waals surface area contributed by atoms with Crippen LogP contribution in [-0.4, -0.2) is 31.1 Å². The summed E-state index contributed by atoms with van der Waals surface area (Å²) in [5, 5.41) is 2.76. The molecule has 25 heavy (non-hydrogen) atoms. The first-order chi connectivity index (χ1) is 11.9. The highest BCUT2D eigenvalue weighted by Gasteiger charge is 2.40. The van der Waals surface area contributed by atoms with Crippen molar-refractivity contribution in [3.05, 3.63) is 59.2 Å². The molecule has 130 valence electrons. The summed E-state index contributed by atoms with van der Waals surface area (Å²) in [6.45, 7) is 3.79. The van der Waals surface area contributed by atoms with Crippen LogP contribution < -0.4 is 5.32 Å². The Morgan fingerprint density at radius 2 is 1.88 bits per heavy atom. The van der Waals surface area contributed by atoms with Crippen LogP contribution in [0.5, 0.6) is 0 Å². The molecule has 1 N–H and O–H groups in total. The van der Waals surface area contributed by atoms with Gasteiger partial charge in [-0.1, -0.05) is 25.1 Å². The lowest BCUT2D eigenvalue weighted by Crippen LogP contribution is -2.30. The van der Waals surface area contributed by atoms with E-state index in [2.05, 4.69) is 5.32 Å². The molecule has 2 amide bonds. The van der Waals surface area contributed by atoms with Crippen molar-refractivity contribution in [2.45, 2.75) is 25.2 Å². The SMILES string of the molecule is CCCN1C(=O)c2ccc(C(=O)Nc3ccccc3C)cc2S1(=O)=O. The largest absolute Gasteiger partial charge is 0.322 e. The van der Waals surface area contributed by atoms with Crippen molar-refractivity contribution in [3.8, 4) is 0 Å². The Morgan fingerprint density at radius 3 is 2.56 bits per heavy atom. The van der Waals surface area contributed by atoms with Crippen molar-refractivity contribution in [2.24, 2.45) is 0 Å². The lowest BCUT2D eigenvalue weighted by Gasteiger charge is -2.13. The van der Waals surface area contributed by atoms with E-state index in [1.807, 2.05) is 19.1 Å². The fourth-order valence-electron chi connectivity index (χ4n) is 2.75. The van der Waals surface area contributed by atoms with Crippen molar-refractivity contribution in [2.75, 3.05) is 11.9 Å². The number of nitrogens with zero attached hydrogens (tertiary/aromatic N) is 1. The quantitative estimate of drug-likeness (QED) is 0.911. The molecule has 3 rings (SSSR count). The van der Waals surface area contributed by atoms with E-state index >= 15 is 0 Å². The number of nitrogens with one attached hydrogen (secondary N) is 1. The molecule has 1 aliphatic heterocycles. The monoisotopic (exact) mass is 358 g/mol. The highest BCUT2D eigenvalue weighted by Crippen LogP contribution is 2.31. The molecule has 0 saturated carbocycles. The Hall–Kier alpha value is -2.67. The van der Waals surface area contributed by atoms with Crippen LogP contribution in [0.3, 0.4) is 0 Å². The number of rotatable bonds is 4. The van der Waals surface area contributed by atoms with Crippen molar-refractivity contribution < 1.29 is 18.0 Å². The van der Waals surface area contributed by atoms with Gasteiger partial charge in [-0.3, -0.25) is 9.59 Å². The second-order valence-electron chi connectivity index (χ2n) is 5.86. The lowest BCUT2D eigenvalue weighted by molar-refractivity contribution is 0.0870. The topological polar surface area (TPSA) is 83.6 Å².